The number of nitrogens with two attached hydrogens (primary N) is 2. The second-order valence-electron chi connectivity index (χ2n) is 7.14. The maximum atomic E-state index is 13.1. The van der Waals surface area contributed by atoms with E-state index < -0.39 is 0 Å². The summed E-state index contributed by atoms with van der Waals surface area (Å²) in [5.74, 6) is 6.95. The highest BCUT2D eigenvalue weighted by Gasteiger charge is 2.31. The number of pyridine rings is 1. The van der Waals surface area contributed by atoms with Crippen LogP contribution in [0.15, 0.2) is 47.9 Å². The van der Waals surface area contributed by atoms with E-state index in [-0.39, 0.29) is 11.9 Å². The van der Waals surface area contributed by atoms with E-state index in [2.05, 4.69) is 4.98 Å². The van der Waals surface area contributed by atoms with Crippen molar-refractivity contribution in [2.24, 2.45) is 11.6 Å². The van der Waals surface area contributed by atoms with Crippen molar-refractivity contribution in [3.05, 3.63) is 70.2 Å². The molecule has 6 heteroatoms. The first-order valence-electron chi connectivity index (χ1n) is 9.14. The summed E-state index contributed by atoms with van der Waals surface area (Å²) in [4.78, 5) is 19.3. The highest BCUT2D eigenvalue weighted by Crippen LogP contribution is 2.27. The van der Waals surface area contributed by atoms with Gasteiger partial charge in [0.2, 0.25) is 0 Å². The SMILES string of the molecule is Cc1ccnc(N(N)C2=C(N)C(C)N(C(=O)c3cccc(C)c3C)CC2)c1. The first kappa shape index (κ1) is 18.9. The third kappa shape index (κ3) is 3.53. The number of hydrogen-bond acceptors (Lipinski definition) is 5. The Labute approximate surface area is 160 Å². The Bertz CT molecular complexity index is 905. The molecule has 0 bridgehead atoms. The maximum Gasteiger partial charge on any atom is 0.254 e. The Morgan fingerprint density at radius 2 is 2.00 bits per heavy atom. The van der Waals surface area contributed by atoms with Crippen LogP contribution in [0.3, 0.4) is 0 Å². The van der Waals surface area contributed by atoms with Crippen molar-refractivity contribution in [2.45, 2.75) is 40.2 Å². The fourth-order valence-corrected chi connectivity index (χ4v) is 3.44. The Morgan fingerprint density at radius 3 is 2.70 bits per heavy atom. The number of carbonyl (C=O) groups excluding carboxylic acids is 1. The van der Waals surface area contributed by atoms with Crippen molar-refractivity contribution in [3.8, 4) is 0 Å². The number of hydrazine groups is 1. The molecule has 4 N–H and O–H groups in total. The number of rotatable bonds is 3. The van der Waals surface area contributed by atoms with Crippen molar-refractivity contribution >= 4 is 11.7 Å². The van der Waals surface area contributed by atoms with Crippen LogP contribution >= 0.6 is 0 Å². The normalized spacial score (nSPS) is 17.2. The Morgan fingerprint density at radius 1 is 1.26 bits per heavy atom. The molecule has 0 aliphatic carbocycles. The quantitative estimate of drug-likeness (QED) is 0.645. The summed E-state index contributed by atoms with van der Waals surface area (Å²) >= 11 is 0. The van der Waals surface area contributed by atoms with Crippen LogP contribution in [-0.4, -0.2) is 28.4 Å². The third-order valence-electron chi connectivity index (χ3n) is 5.37. The highest BCUT2D eigenvalue weighted by atomic mass is 16.2. The highest BCUT2D eigenvalue weighted by molar-refractivity contribution is 5.96. The molecule has 1 aliphatic rings. The van der Waals surface area contributed by atoms with Gasteiger partial charge in [-0.25, -0.2) is 10.8 Å². The lowest BCUT2D eigenvalue weighted by Gasteiger charge is -2.38. The minimum absolute atomic E-state index is 0.00273. The smallest absolute Gasteiger partial charge is 0.254 e. The number of anilines is 1. The number of benzene rings is 1. The van der Waals surface area contributed by atoms with E-state index in [1.807, 2.05) is 62.9 Å². The predicted octanol–water partition coefficient (Wildman–Crippen LogP) is 2.79. The van der Waals surface area contributed by atoms with Crippen LogP contribution in [0.25, 0.3) is 0 Å². The zero-order chi connectivity index (χ0) is 19.7. The van der Waals surface area contributed by atoms with Crippen LogP contribution in [-0.2, 0) is 0 Å². The van der Waals surface area contributed by atoms with E-state index in [0.29, 0.717) is 24.5 Å². The largest absolute Gasteiger partial charge is 0.399 e. The van der Waals surface area contributed by atoms with E-state index in [4.69, 9.17) is 11.6 Å². The Balaban J connectivity index is 1.88. The molecule has 1 aromatic heterocycles. The second kappa shape index (κ2) is 7.40. The molecule has 0 saturated carbocycles. The zero-order valence-electron chi connectivity index (χ0n) is 16.4. The molecule has 2 aromatic rings. The molecule has 0 radical (unpaired) electrons. The summed E-state index contributed by atoms with van der Waals surface area (Å²) in [6.45, 7) is 8.48. The first-order valence-corrected chi connectivity index (χ1v) is 9.14. The molecule has 1 unspecified atom stereocenters. The monoisotopic (exact) mass is 365 g/mol. The number of nitrogens with zero attached hydrogens (tertiary/aromatic N) is 3. The lowest BCUT2D eigenvalue weighted by Crippen LogP contribution is -2.49. The van der Waals surface area contributed by atoms with Crippen LogP contribution in [0, 0.1) is 20.8 Å². The molecule has 1 atom stereocenters. The van der Waals surface area contributed by atoms with Crippen LogP contribution in [0.4, 0.5) is 5.82 Å². The second-order valence-corrected chi connectivity index (χ2v) is 7.14. The topological polar surface area (TPSA) is 88.5 Å². The fourth-order valence-electron chi connectivity index (χ4n) is 3.44. The summed E-state index contributed by atoms with van der Waals surface area (Å²) in [6, 6.07) is 9.40. The molecule has 6 nitrogen and oxygen atoms in total. The van der Waals surface area contributed by atoms with Gasteiger partial charge in [0.1, 0.15) is 5.82 Å². The lowest BCUT2D eigenvalue weighted by molar-refractivity contribution is 0.0703. The number of aromatic nitrogens is 1. The van der Waals surface area contributed by atoms with E-state index in [1.165, 1.54) is 0 Å². The van der Waals surface area contributed by atoms with Crippen molar-refractivity contribution in [1.82, 2.24) is 9.88 Å². The van der Waals surface area contributed by atoms with Crippen molar-refractivity contribution in [2.75, 3.05) is 11.6 Å². The van der Waals surface area contributed by atoms with Gasteiger partial charge in [0, 0.05) is 24.7 Å². The van der Waals surface area contributed by atoms with Gasteiger partial charge in [-0.05, 0) is 62.6 Å². The van der Waals surface area contributed by atoms with Crippen molar-refractivity contribution in [1.29, 1.82) is 0 Å². The summed E-state index contributed by atoms with van der Waals surface area (Å²) in [6.07, 6.45) is 2.31. The molecule has 0 saturated heterocycles. The van der Waals surface area contributed by atoms with Crippen LogP contribution in [0.2, 0.25) is 0 Å². The molecule has 3 rings (SSSR count). The number of aryl methyl sites for hydroxylation is 2. The Kier molecular flexibility index (Phi) is 5.19. The van der Waals surface area contributed by atoms with E-state index in [1.54, 1.807) is 11.2 Å². The molecule has 1 aromatic carbocycles. The minimum Gasteiger partial charge on any atom is -0.399 e. The number of carbonyl (C=O) groups is 1. The van der Waals surface area contributed by atoms with E-state index in [9.17, 15) is 4.79 Å². The molecular formula is C21H27N5O. The summed E-state index contributed by atoms with van der Waals surface area (Å²) < 4.78 is 0. The number of hydrogen-bond donors (Lipinski definition) is 2. The fraction of sp³-hybridized carbons (Fsp3) is 0.333. The average molecular weight is 365 g/mol. The van der Waals surface area contributed by atoms with Gasteiger partial charge in [-0.1, -0.05) is 12.1 Å². The van der Waals surface area contributed by atoms with Gasteiger partial charge in [-0.2, -0.15) is 0 Å². The number of amides is 1. The van der Waals surface area contributed by atoms with Crippen LogP contribution in [0.1, 0.15) is 40.4 Å². The van der Waals surface area contributed by atoms with E-state index in [0.717, 1.165) is 28.0 Å². The molecular weight excluding hydrogens is 338 g/mol. The molecule has 1 aliphatic heterocycles. The van der Waals surface area contributed by atoms with Crippen LogP contribution < -0.4 is 16.6 Å². The average Bonchev–Trinajstić information content (AvgIpc) is 2.65. The van der Waals surface area contributed by atoms with Gasteiger partial charge in [0.05, 0.1) is 17.4 Å². The van der Waals surface area contributed by atoms with Gasteiger partial charge in [-0.15, -0.1) is 0 Å². The predicted molar refractivity (Wildman–Crippen MR) is 108 cm³/mol. The summed E-state index contributed by atoms with van der Waals surface area (Å²) in [5.41, 5.74) is 11.7. The standard InChI is InChI=1S/C21H27N5O/c1-13-8-10-24-19(12-13)26(23)18-9-11-25(16(4)20(18)22)21(27)17-7-5-6-14(2)15(17)3/h5-8,10,12,16H,9,11,22-23H2,1-4H3. The van der Waals surface area contributed by atoms with E-state index >= 15 is 0 Å². The van der Waals surface area contributed by atoms with Gasteiger partial charge in [0.15, 0.2) is 0 Å². The van der Waals surface area contributed by atoms with Gasteiger partial charge >= 0.3 is 0 Å². The first-order chi connectivity index (χ1) is 12.8. The third-order valence-corrected chi connectivity index (χ3v) is 5.37. The summed E-state index contributed by atoms with van der Waals surface area (Å²) in [7, 11) is 0. The zero-order valence-corrected chi connectivity index (χ0v) is 16.4. The van der Waals surface area contributed by atoms with Crippen molar-refractivity contribution in [3.63, 3.8) is 0 Å². The molecule has 1 amide bonds. The van der Waals surface area contributed by atoms with Crippen molar-refractivity contribution < 1.29 is 4.79 Å². The van der Waals surface area contributed by atoms with Gasteiger partial charge < -0.3 is 10.6 Å². The summed E-state index contributed by atoms with van der Waals surface area (Å²) in [5, 5.41) is 1.54. The molecule has 0 fully saturated rings. The molecule has 0 spiro atoms. The molecule has 2 heterocycles. The Hall–Kier alpha value is -2.86. The molecule has 27 heavy (non-hydrogen) atoms. The van der Waals surface area contributed by atoms with Crippen LogP contribution in [0.5, 0.6) is 0 Å². The molecule has 142 valence electrons. The van der Waals surface area contributed by atoms with Gasteiger partial charge in [-0.3, -0.25) is 9.80 Å². The maximum absolute atomic E-state index is 13.1. The lowest BCUT2D eigenvalue weighted by atomic mass is 9.99. The van der Waals surface area contributed by atoms with Gasteiger partial charge in [0.25, 0.3) is 5.91 Å². The minimum atomic E-state index is -0.239.